The maximum absolute atomic E-state index is 13.6. The van der Waals surface area contributed by atoms with Crippen molar-refractivity contribution in [2.45, 2.75) is 25.9 Å². The second-order valence-corrected chi connectivity index (χ2v) is 5.66. The van der Waals surface area contributed by atoms with Crippen molar-refractivity contribution in [3.8, 4) is 0 Å². The summed E-state index contributed by atoms with van der Waals surface area (Å²) in [6.45, 7) is 2.46. The van der Waals surface area contributed by atoms with Gasteiger partial charge in [0, 0.05) is 28.2 Å². The normalized spacial score (nSPS) is 12.4. The van der Waals surface area contributed by atoms with Gasteiger partial charge in [-0.25, -0.2) is 4.39 Å². The van der Waals surface area contributed by atoms with Crippen molar-refractivity contribution in [3.05, 3.63) is 69.5 Å². The number of benzene rings is 2. The van der Waals surface area contributed by atoms with E-state index < -0.39 is 0 Å². The molecule has 1 nitrogen and oxygen atoms in total. The van der Waals surface area contributed by atoms with Crippen molar-refractivity contribution in [3.63, 3.8) is 0 Å². The molecular formula is C16H16Cl2FN. The maximum atomic E-state index is 13.6. The van der Waals surface area contributed by atoms with Crippen LogP contribution in [0.2, 0.25) is 10.0 Å². The molecule has 0 saturated heterocycles. The third kappa shape index (κ3) is 4.20. The standard InChI is InChI=1S/C16H16Cl2FN/c1-11(8-12-4-2-5-13(17)9-12)20-10-14-15(18)6-3-7-16(14)19/h2-7,9,11,20H,8,10H2,1H3. The van der Waals surface area contributed by atoms with Gasteiger partial charge in [-0.2, -0.15) is 0 Å². The lowest BCUT2D eigenvalue weighted by Gasteiger charge is -2.15. The van der Waals surface area contributed by atoms with Gasteiger partial charge in [-0.1, -0.05) is 41.4 Å². The third-order valence-corrected chi connectivity index (χ3v) is 3.71. The van der Waals surface area contributed by atoms with Crippen molar-refractivity contribution in [1.29, 1.82) is 0 Å². The molecule has 0 aromatic heterocycles. The number of halogens is 3. The minimum Gasteiger partial charge on any atom is -0.310 e. The molecule has 1 atom stereocenters. The highest BCUT2D eigenvalue weighted by atomic mass is 35.5. The summed E-state index contributed by atoms with van der Waals surface area (Å²) in [5.41, 5.74) is 1.66. The van der Waals surface area contributed by atoms with Gasteiger partial charge in [-0.05, 0) is 43.2 Å². The van der Waals surface area contributed by atoms with Crippen LogP contribution >= 0.6 is 23.2 Å². The van der Waals surface area contributed by atoms with E-state index in [1.54, 1.807) is 12.1 Å². The van der Waals surface area contributed by atoms with Gasteiger partial charge in [0.2, 0.25) is 0 Å². The summed E-state index contributed by atoms with van der Waals surface area (Å²) in [6, 6.07) is 12.7. The fourth-order valence-corrected chi connectivity index (χ4v) is 2.51. The molecule has 0 aliphatic heterocycles. The molecule has 0 bridgehead atoms. The second-order valence-electron chi connectivity index (χ2n) is 4.82. The molecule has 0 fully saturated rings. The number of rotatable bonds is 5. The highest BCUT2D eigenvalue weighted by molar-refractivity contribution is 6.31. The largest absolute Gasteiger partial charge is 0.310 e. The fraction of sp³-hybridized carbons (Fsp3) is 0.250. The topological polar surface area (TPSA) is 12.0 Å². The first-order chi connectivity index (χ1) is 9.56. The van der Waals surface area contributed by atoms with Crippen molar-refractivity contribution in [1.82, 2.24) is 5.32 Å². The van der Waals surface area contributed by atoms with Crippen LogP contribution in [0, 0.1) is 5.82 Å². The minimum absolute atomic E-state index is 0.198. The lowest BCUT2D eigenvalue weighted by molar-refractivity contribution is 0.525. The van der Waals surface area contributed by atoms with Gasteiger partial charge in [0.05, 0.1) is 0 Å². The van der Waals surface area contributed by atoms with Gasteiger partial charge in [0.15, 0.2) is 0 Å². The Morgan fingerprint density at radius 1 is 1.15 bits per heavy atom. The molecule has 2 aromatic carbocycles. The van der Waals surface area contributed by atoms with E-state index >= 15 is 0 Å². The second kappa shape index (κ2) is 7.07. The first-order valence-corrected chi connectivity index (χ1v) is 7.22. The van der Waals surface area contributed by atoms with Gasteiger partial charge in [0.1, 0.15) is 5.82 Å². The van der Waals surface area contributed by atoms with Crippen LogP contribution < -0.4 is 5.32 Å². The molecule has 20 heavy (non-hydrogen) atoms. The zero-order valence-electron chi connectivity index (χ0n) is 11.2. The summed E-state index contributed by atoms with van der Waals surface area (Å²) >= 11 is 12.0. The molecule has 2 aromatic rings. The Morgan fingerprint density at radius 2 is 1.90 bits per heavy atom. The predicted octanol–water partition coefficient (Wildman–Crippen LogP) is 4.85. The van der Waals surface area contributed by atoms with Crippen molar-refractivity contribution >= 4 is 23.2 Å². The Bertz CT molecular complexity index is 566. The molecule has 0 aliphatic carbocycles. The molecule has 0 heterocycles. The summed E-state index contributed by atoms with van der Waals surface area (Å²) in [5.74, 6) is -0.278. The first kappa shape index (κ1) is 15.3. The first-order valence-electron chi connectivity index (χ1n) is 6.47. The van der Waals surface area contributed by atoms with E-state index in [0.717, 1.165) is 17.0 Å². The Kier molecular flexibility index (Phi) is 5.41. The number of nitrogens with one attached hydrogen (secondary N) is 1. The number of hydrogen-bond acceptors (Lipinski definition) is 1. The van der Waals surface area contributed by atoms with E-state index in [-0.39, 0.29) is 11.9 Å². The Balaban J connectivity index is 1.94. The zero-order chi connectivity index (χ0) is 14.5. The quantitative estimate of drug-likeness (QED) is 0.832. The summed E-state index contributed by atoms with van der Waals surface area (Å²) in [5, 5.41) is 4.46. The predicted molar refractivity (Wildman–Crippen MR) is 82.9 cm³/mol. The van der Waals surface area contributed by atoms with Crippen LogP contribution in [0.15, 0.2) is 42.5 Å². The Morgan fingerprint density at radius 3 is 2.60 bits per heavy atom. The SMILES string of the molecule is CC(Cc1cccc(Cl)c1)NCc1c(F)cccc1Cl. The molecule has 1 N–H and O–H groups in total. The molecule has 1 unspecified atom stereocenters. The molecule has 0 saturated carbocycles. The summed E-state index contributed by atoms with van der Waals surface area (Å²) in [6.07, 6.45) is 0.826. The van der Waals surface area contributed by atoms with Crippen LogP contribution in [0.5, 0.6) is 0 Å². The van der Waals surface area contributed by atoms with Gasteiger partial charge in [-0.3, -0.25) is 0 Å². The third-order valence-electron chi connectivity index (χ3n) is 3.12. The molecule has 0 aliphatic rings. The highest BCUT2D eigenvalue weighted by Gasteiger charge is 2.09. The van der Waals surface area contributed by atoms with Crippen molar-refractivity contribution < 1.29 is 4.39 Å². The zero-order valence-corrected chi connectivity index (χ0v) is 12.7. The van der Waals surface area contributed by atoms with E-state index in [0.29, 0.717) is 17.1 Å². The van der Waals surface area contributed by atoms with Gasteiger partial charge < -0.3 is 5.32 Å². The van der Waals surface area contributed by atoms with Gasteiger partial charge >= 0.3 is 0 Å². The molecule has 0 radical (unpaired) electrons. The molecule has 0 spiro atoms. The van der Waals surface area contributed by atoms with E-state index in [1.807, 2.05) is 24.3 Å². The van der Waals surface area contributed by atoms with Crippen LogP contribution in [0.4, 0.5) is 4.39 Å². The van der Waals surface area contributed by atoms with Crippen LogP contribution in [0.3, 0.4) is 0 Å². The van der Waals surface area contributed by atoms with Gasteiger partial charge in [0.25, 0.3) is 0 Å². The van der Waals surface area contributed by atoms with E-state index in [2.05, 4.69) is 12.2 Å². The summed E-state index contributed by atoms with van der Waals surface area (Å²) in [4.78, 5) is 0. The maximum Gasteiger partial charge on any atom is 0.129 e. The van der Waals surface area contributed by atoms with Crippen LogP contribution in [-0.4, -0.2) is 6.04 Å². The van der Waals surface area contributed by atoms with Gasteiger partial charge in [-0.15, -0.1) is 0 Å². The van der Waals surface area contributed by atoms with Crippen LogP contribution in [-0.2, 0) is 13.0 Å². The van der Waals surface area contributed by atoms with E-state index in [1.165, 1.54) is 6.07 Å². The Labute approximate surface area is 128 Å². The van der Waals surface area contributed by atoms with Crippen LogP contribution in [0.1, 0.15) is 18.1 Å². The van der Waals surface area contributed by atoms with Crippen molar-refractivity contribution in [2.24, 2.45) is 0 Å². The molecule has 106 valence electrons. The number of hydrogen-bond donors (Lipinski definition) is 1. The summed E-state index contributed by atoms with van der Waals surface area (Å²) in [7, 11) is 0. The molecule has 0 amide bonds. The van der Waals surface area contributed by atoms with Crippen molar-refractivity contribution in [2.75, 3.05) is 0 Å². The summed E-state index contributed by atoms with van der Waals surface area (Å²) < 4.78 is 13.6. The highest BCUT2D eigenvalue weighted by Crippen LogP contribution is 2.19. The minimum atomic E-state index is -0.278. The molecule has 2 rings (SSSR count). The van der Waals surface area contributed by atoms with Crippen LogP contribution in [0.25, 0.3) is 0 Å². The molecular weight excluding hydrogens is 296 g/mol. The smallest absolute Gasteiger partial charge is 0.129 e. The Hall–Kier alpha value is -1.09. The van der Waals surface area contributed by atoms with E-state index in [9.17, 15) is 4.39 Å². The lowest BCUT2D eigenvalue weighted by atomic mass is 10.1. The fourth-order valence-electron chi connectivity index (χ4n) is 2.07. The van der Waals surface area contributed by atoms with E-state index in [4.69, 9.17) is 23.2 Å². The average molecular weight is 312 g/mol. The lowest BCUT2D eigenvalue weighted by Crippen LogP contribution is -2.28. The molecule has 4 heteroatoms. The monoisotopic (exact) mass is 311 g/mol. The average Bonchev–Trinajstić information content (AvgIpc) is 2.38.